The molecule has 21 heavy (non-hydrogen) atoms. The third-order valence-corrected chi connectivity index (χ3v) is 3.87. The fourth-order valence-corrected chi connectivity index (χ4v) is 2.61. The van der Waals surface area contributed by atoms with Crippen molar-refractivity contribution in [3.8, 4) is 0 Å². The van der Waals surface area contributed by atoms with Gasteiger partial charge in [0.1, 0.15) is 11.2 Å². The Morgan fingerprint density at radius 2 is 2.05 bits per heavy atom. The van der Waals surface area contributed by atoms with Crippen molar-refractivity contribution in [2.45, 2.75) is 44.8 Å². The van der Waals surface area contributed by atoms with Gasteiger partial charge in [0.25, 0.3) is 0 Å². The second kappa shape index (κ2) is 5.50. The van der Waals surface area contributed by atoms with Crippen molar-refractivity contribution in [2.75, 3.05) is 5.73 Å². The number of hydrogen-bond donors (Lipinski definition) is 2. The minimum atomic E-state index is -4.55. The fourth-order valence-electron chi connectivity index (χ4n) is 2.61. The monoisotopic (exact) mass is 302 g/mol. The molecule has 3 N–H and O–H groups in total. The van der Waals surface area contributed by atoms with Gasteiger partial charge in [0.05, 0.1) is 6.04 Å². The van der Waals surface area contributed by atoms with Crippen molar-refractivity contribution in [3.63, 3.8) is 0 Å². The van der Waals surface area contributed by atoms with Crippen LogP contribution >= 0.6 is 0 Å². The van der Waals surface area contributed by atoms with Crippen LogP contribution in [0.1, 0.15) is 44.5 Å². The van der Waals surface area contributed by atoms with E-state index in [9.17, 15) is 18.0 Å². The summed E-state index contributed by atoms with van der Waals surface area (Å²) in [5, 5.41) is 2.37. The Bertz CT molecular complexity index is 526. The molecule has 1 aromatic heterocycles. The molecule has 0 aliphatic heterocycles. The van der Waals surface area contributed by atoms with Gasteiger partial charge in [-0.1, -0.05) is 12.8 Å². The Kier molecular flexibility index (Phi) is 4.06. The highest BCUT2D eigenvalue weighted by atomic mass is 19.4. The molecule has 0 spiro atoms. The molecule has 116 valence electrons. The molecule has 1 unspecified atom stereocenters. The number of anilines is 1. The zero-order chi connectivity index (χ0) is 15.7. The molecule has 1 aliphatic rings. The lowest BCUT2D eigenvalue weighted by Gasteiger charge is -2.31. The largest absolute Gasteiger partial charge is 0.403 e. The van der Waals surface area contributed by atoms with E-state index in [0.29, 0.717) is 12.8 Å². The van der Waals surface area contributed by atoms with Crippen LogP contribution in [0.2, 0.25) is 0 Å². The van der Waals surface area contributed by atoms with Gasteiger partial charge in [0, 0.05) is 6.20 Å². The number of aromatic nitrogens is 2. The van der Waals surface area contributed by atoms with Gasteiger partial charge in [-0.15, -0.1) is 0 Å². The van der Waals surface area contributed by atoms with Gasteiger partial charge in [-0.2, -0.15) is 13.2 Å². The Morgan fingerprint density at radius 3 is 2.57 bits per heavy atom. The van der Waals surface area contributed by atoms with Gasteiger partial charge in [0.15, 0.2) is 5.82 Å². The molecule has 1 aliphatic carbocycles. The summed E-state index contributed by atoms with van der Waals surface area (Å²) in [7, 11) is 0. The number of halogens is 3. The first-order valence-corrected chi connectivity index (χ1v) is 6.72. The van der Waals surface area contributed by atoms with Crippen molar-refractivity contribution in [1.29, 1.82) is 0 Å². The highest BCUT2D eigenvalue weighted by Gasteiger charge is 2.61. The molecule has 8 heteroatoms. The summed E-state index contributed by atoms with van der Waals surface area (Å²) in [6.45, 7) is 1.53. The van der Waals surface area contributed by atoms with Gasteiger partial charge >= 0.3 is 6.18 Å². The van der Waals surface area contributed by atoms with Crippen molar-refractivity contribution in [1.82, 2.24) is 15.3 Å². The van der Waals surface area contributed by atoms with E-state index in [1.54, 1.807) is 0 Å². The van der Waals surface area contributed by atoms with Crippen LogP contribution in [0.4, 0.5) is 19.0 Å². The van der Waals surface area contributed by atoms with Crippen molar-refractivity contribution in [3.05, 3.63) is 18.1 Å². The van der Waals surface area contributed by atoms with Crippen LogP contribution < -0.4 is 11.1 Å². The SMILES string of the molecule is CC(NC(=O)C1(C(F)(F)F)CCCC1)c1nccc(N)n1. The number of rotatable bonds is 3. The number of nitrogen functional groups attached to an aromatic ring is 1. The quantitative estimate of drug-likeness (QED) is 0.898. The van der Waals surface area contributed by atoms with Gasteiger partial charge < -0.3 is 11.1 Å². The molecular weight excluding hydrogens is 285 g/mol. The molecular formula is C13H17F3N4O. The average molecular weight is 302 g/mol. The van der Waals surface area contributed by atoms with Gasteiger partial charge in [-0.25, -0.2) is 9.97 Å². The first kappa shape index (κ1) is 15.5. The molecule has 0 radical (unpaired) electrons. The summed E-state index contributed by atoms with van der Waals surface area (Å²) in [4.78, 5) is 20.0. The summed E-state index contributed by atoms with van der Waals surface area (Å²) in [6.07, 6.45) is -2.70. The van der Waals surface area contributed by atoms with Gasteiger partial charge in [0.2, 0.25) is 5.91 Å². The molecule has 2 rings (SSSR count). The maximum atomic E-state index is 13.3. The molecule has 0 saturated heterocycles. The normalized spacial score (nSPS) is 19.2. The third-order valence-electron chi connectivity index (χ3n) is 3.87. The predicted octanol–water partition coefficient (Wildman–Crippen LogP) is 2.36. The van der Waals surface area contributed by atoms with Crippen LogP contribution in [-0.2, 0) is 4.79 Å². The van der Waals surface area contributed by atoms with Crippen LogP contribution in [0.25, 0.3) is 0 Å². The lowest BCUT2D eigenvalue weighted by Crippen LogP contribution is -2.49. The highest BCUT2D eigenvalue weighted by Crippen LogP contribution is 2.50. The second-order valence-corrected chi connectivity index (χ2v) is 5.32. The second-order valence-electron chi connectivity index (χ2n) is 5.32. The van der Waals surface area contributed by atoms with E-state index in [1.807, 2.05) is 0 Å². The highest BCUT2D eigenvalue weighted by molar-refractivity contribution is 5.84. The fraction of sp³-hybridized carbons (Fsp3) is 0.615. The van der Waals surface area contributed by atoms with Crippen LogP contribution in [0.3, 0.4) is 0 Å². The van der Waals surface area contributed by atoms with E-state index in [0.717, 1.165) is 0 Å². The molecule has 1 amide bonds. The number of nitrogens with one attached hydrogen (secondary N) is 1. The molecule has 5 nitrogen and oxygen atoms in total. The number of hydrogen-bond acceptors (Lipinski definition) is 4. The number of nitrogens with zero attached hydrogens (tertiary/aromatic N) is 2. The van der Waals surface area contributed by atoms with Crippen LogP contribution in [0.15, 0.2) is 12.3 Å². The zero-order valence-electron chi connectivity index (χ0n) is 11.6. The molecule has 0 bridgehead atoms. The van der Waals surface area contributed by atoms with E-state index in [2.05, 4.69) is 15.3 Å². The van der Waals surface area contributed by atoms with E-state index >= 15 is 0 Å². The van der Waals surface area contributed by atoms with Crippen LogP contribution in [0.5, 0.6) is 0 Å². The topological polar surface area (TPSA) is 80.9 Å². The molecule has 1 fully saturated rings. The van der Waals surface area contributed by atoms with Crippen LogP contribution in [-0.4, -0.2) is 22.1 Å². The molecule has 1 saturated carbocycles. The maximum Gasteiger partial charge on any atom is 0.403 e. The summed E-state index contributed by atoms with van der Waals surface area (Å²) >= 11 is 0. The maximum absolute atomic E-state index is 13.3. The average Bonchev–Trinajstić information content (AvgIpc) is 2.88. The Labute approximate surface area is 120 Å². The standard InChI is InChI=1S/C13H17F3N4O/c1-8(10-18-7-4-9(17)20-10)19-11(21)12(13(14,15)16)5-2-3-6-12/h4,7-8H,2-3,5-6H2,1H3,(H,19,21)(H2,17,18,20). The first-order chi connectivity index (χ1) is 9.76. The van der Waals surface area contributed by atoms with Crippen molar-refractivity contribution in [2.24, 2.45) is 5.41 Å². The molecule has 0 aromatic carbocycles. The number of nitrogens with two attached hydrogens (primary N) is 1. The Hall–Kier alpha value is -1.86. The van der Waals surface area contributed by atoms with Gasteiger partial charge in [-0.3, -0.25) is 4.79 Å². The summed E-state index contributed by atoms with van der Waals surface area (Å²) in [6, 6.07) is 0.729. The van der Waals surface area contributed by atoms with E-state index in [4.69, 9.17) is 5.73 Å². The molecule has 1 atom stereocenters. The summed E-state index contributed by atoms with van der Waals surface area (Å²) in [5.74, 6) is -0.614. The van der Waals surface area contributed by atoms with Crippen molar-refractivity contribution >= 4 is 11.7 Å². The number of carbonyl (C=O) groups is 1. The van der Waals surface area contributed by atoms with E-state index in [-0.39, 0.29) is 24.5 Å². The Morgan fingerprint density at radius 1 is 1.43 bits per heavy atom. The lowest BCUT2D eigenvalue weighted by molar-refractivity contribution is -0.220. The molecule has 1 heterocycles. The predicted molar refractivity (Wildman–Crippen MR) is 70.0 cm³/mol. The van der Waals surface area contributed by atoms with E-state index < -0.39 is 23.5 Å². The zero-order valence-corrected chi connectivity index (χ0v) is 11.6. The minimum absolute atomic E-state index is 0.174. The number of carbonyl (C=O) groups excluding carboxylic acids is 1. The van der Waals surface area contributed by atoms with E-state index in [1.165, 1.54) is 19.2 Å². The van der Waals surface area contributed by atoms with Gasteiger partial charge in [-0.05, 0) is 25.8 Å². The summed E-state index contributed by atoms with van der Waals surface area (Å²) < 4.78 is 39.8. The molecule has 1 aromatic rings. The minimum Gasteiger partial charge on any atom is -0.384 e. The van der Waals surface area contributed by atoms with Crippen molar-refractivity contribution < 1.29 is 18.0 Å². The Balaban J connectivity index is 2.16. The number of amides is 1. The number of alkyl halides is 3. The smallest absolute Gasteiger partial charge is 0.384 e. The lowest BCUT2D eigenvalue weighted by atomic mass is 9.84. The first-order valence-electron chi connectivity index (χ1n) is 6.72. The van der Waals surface area contributed by atoms with Crippen LogP contribution in [0, 0.1) is 5.41 Å². The summed E-state index contributed by atoms with van der Waals surface area (Å²) in [5.41, 5.74) is 3.21. The third kappa shape index (κ3) is 2.93.